The van der Waals surface area contributed by atoms with Gasteiger partial charge in [-0.05, 0) is 0 Å². The van der Waals surface area contributed by atoms with Crippen LogP contribution in [0.1, 0.15) is 0 Å². The Labute approximate surface area is 104 Å². The normalized spacial score (nSPS) is 12.2. The van der Waals surface area contributed by atoms with E-state index in [2.05, 4.69) is 20.0 Å². The van der Waals surface area contributed by atoms with Gasteiger partial charge >= 0.3 is 12.1 Å². The lowest BCUT2D eigenvalue weighted by Gasteiger charge is -2.20. The van der Waals surface area contributed by atoms with Crippen molar-refractivity contribution in [1.82, 2.24) is 9.97 Å². The van der Waals surface area contributed by atoms with Crippen LogP contribution in [0.3, 0.4) is 0 Å². The summed E-state index contributed by atoms with van der Waals surface area (Å²) in [6.45, 7) is -1.90. The minimum absolute atomic E-state index is 0.0998. The van der Waals surface area contributed by atoms with Gasteiger partial charge in [-0.25, -0.2) is 4.98 Å². The number of hydrogen-bond donors (Lipinski definition) is 1. The second-order valence-corrected chi connectivity index (χ2v) is 3.30. The fraction of sp³-hybridized carbons (Fsp3) is 0.556. The first kappa shape index (κ1) is 15.2. The highest BCUT2D eigenvalue weighted by molar-refractivity contribution is 5.54. The first-order valence-electron chi connectivity index (χ1n) is 4.87. The third-order valence-electron chi connectivity index (χ3n) is 2.02. The lowest BCUT2D eigenvalue weighted by Crippen LogP contribution is -2.41. The highest BCUT2D eigenvalue weighted by atomic mass is 19.4. The summed E-state index contributed by atoms with van der Waals surface area (Å²) in [5, 5.41) is 2.55. The predicted molar refractivity (Wildman–Crippen MR) is 54.6 cm³/mol. The Bertz CT molecular complexity index is 438. The molecule has 1 rings (SSSR count). The van der Waals surface area contributed by atoms with Crippen LogP contribution in [0.2, 0.25) is 0 Å². The third kappa shape index (κ3) is 3.32. The molecule has 0 saturated heterocycles. The summed E-state index contributed by atoms with van der Waals surface area (Å²) in [5.74, 6) is -5.56. The smallest absolute Gasteiger partial charge is 0.456 e. The summed E-state index contributed by atoms with van der Waals surface area (Å²) in [4.78, 5) is 7.13. The number of ether oxygens (including phenoxy) is 2. The molecule has 1 aromatic heterocycles. The van der Waals surface area contributed by atoms with Crippen LogP contribution in [0.25, 0.3) is 0 Å². The number of nitrogens with one attached hydrogen (secondary N) is 1. The molecule has 108 valence electrons. The molecule has 0 aliphatic carbocycles. The number of methoxy groups -OCH3 is 1. The first-order chi connectivity index (χ1) is 8.73. The number of halogens is 5. The van der Waals surface area contributed by atoms with E-state index in [0.717, 1.165) is 6.33 Å². The molecule has 19 heavy (non-hydrogen) atoms. The Hall–Kier alpha value is -1.87. The van der Waals surface area contributed by atoms with Gasteiger partial charge in [-0.3, -0.25) is 0 Å². The standard InChI is InChI=1S/C9H10F5N3O2/c1-15-6-5(18-2)7(17-4-16-6)19-3-8(10,11)9(12,13)14/h4H,3H2,1-2H3,(H,15,16,17). The number of aromatic nitrogens is 2. The molecule has 10 heteroatoms. The average molecular weight is 287 g/mol. The van der Waals surface area contributed by atoms with Crippen LogP contribution in [0.5, 0.6) is 11.6 Å². The fourth-order valence-corrected chi connectivity index (χ4v) is 1.06. The molecule has 0 atom stereocenters. The topological polar surface area (TPSA) is 56.3 Å². The summed E-state index contributed by atoms with van der Waals surface area (Å²) in [5.41, 5.74) is 0. The lowest BCUT2D eigenvalue weighted by atomic mass is 10.3. The largest absolute Gasteiger partial charge is 0.489 e. The molecule has 5 nitrogen and oxygen atoms in total. The van der Waals surface area contributed by atoms with Crippen molar-refractivity contribution in [3.63, 3.8) is 0 Å². The van der Waals surface area contributed by atoms with Gasteiger partial charge in [0.1, 0.15) is 6.33 Å². The quantitative estimate of drug-likeness (QED) is 0.840. The second-order valence-electron chi connectivity index (χ2n) is 3.30. The summed E-state index contributed by atoms with van der Waals surface area (Å²) in [6, 6.07) is 0. The van der Waals surface area contributed by atoms with Gasteiger partial charge in [-0.2, -0.15) is 26.9 Å². The van der Waals surface area contributed by atoms with Gasteiger partial charge in [-0.1, -0.05) is 0 Å². The molecular formula is C9H10F5N3O2. The lowest BCUT2D eigenvalue weighted by molar-refractivity contribution is -0.290. The van der Waals surface area contributed by atoms with E-state index < -0.39 is 24.6 Å². The van der Waals surface area contributed by atoms with Crippen LogP contribution in [0, 0.1) is 0 Å². The molecule has 0 aliphatic rings. The highest BCUT2D eigenvalue weighted by Crippen LogP contribution is 2.37. The van der Waals surface area contributed by atoms with E-state index in [0.29, 0.717) is 0 Å². The van der Waals surface area contributed by atoms with Crippen LogP contribution in [0.4, 0.5) is 27.8 Å². The van der Waals surface area contributed by atoms with Crippen molar-refractivity contribution in [2.45, 2.75) is 12.1 Å². The van der Waals surface area contributed by atoms with E-state index in [4.69, 9.17) is 4.74 Å². The molecule has 0 aliphatic heterocycles. The second kappa shape index (κ2) is 5.41. The van der Waals surface area contributed by atoms with Crippen LogP contribution < -0.4 is 14.8 Å². The zero-order valence-electron chi connectivity index (χ0n) is 9.89. The van der Waals surface area contributed by atoms with E-state index in [9.17, 15) is 22.0 Å². The average Bonchev–Trinajstić information content (AvgIpc) is 2.34. The van der Waals surface area contributed by atoms with Gasteiger partial charge in [0.15, 0.2) is 12.4 Å². The van der Waals surface area contributed by atoms with Gasteiger partial charge in [0, 0.05) is 7.05 Å². The molecule has 0 amide bonds. The van der Waals surface area contributed by atoms with Crippen molar-refractivity contribution < 1.29 is 31.4 Å². The molecule has 0 bridgehead atoms. The molecule has 0 spiro atoms. The first-order valence-corrected chi connectivity index (χ1v) is 4.87. The van der Waals surface area contributed by atoms with Crippen LogP contribution in [0.15, 0.2) is 6.33 Å². The highest BCUT2D eigenvalue weighted by Gasteiger charge is 2.58. The summed E-state index contributed by atoms with van der Waals surface area (Å²) < 4.78 is 70.4. The van der Waals surface area contributed by atoms with Crippen molar-refractivity contribution in [1.29, 1.82) is 0 Å². The number of alkyl halides is 5. The molecule has 1 aromatic rings. The number of rotatable bonds is 5. The van der Waals surface area contributed by atoms with Gasteiger partial charge in [0.25, 0.3) is 5.88 Å². The maximum absolute atomic E-state index is 12.7. The molecule has 0 unspecified atom stereocenters. The number of anilines is 1. The van der Waals surface area contributed by atoms with Crippen molar-refractivity contribution in [3.05, 3.63) is 6.33 Å². The Morgan fingerprint density at radius 2 is 1.84 bits per heavy atom. The third-order valence-corrected chi connectivity index (χ3v) is 2.02. The van der Waals surface area contributed by atoms with Crippen LogP contribution in [-0.4, -0.2) is 42.8 Å². The van der Waals surface area contributed by atoms with Gasteiger partial charge in [0.05, 0.1) is 7.11 Å². The van der Waals surface area contributed by atoms with Crippen molar-refractivity contribution in [3.8, 4) is 11.6 Å². The zero-order valence-corrected chi connectivity index (χ0v) is 9.89. The van der Waals surface area contributed by atoms with Gasteiger partial charge in [-0.15, -0.1) is 0 Å². The molecule has 1 heterocycles. The van der Waals surface area contributed by atoms with Crippen LogP contribution in [-0.2, 0) is 0 Å². The minimum Gasteiger partial charge on any atom is -0.489 e. The molecule has 0 fully saturated rings. The number of nitrogens with zero attached hydrogens (tertiary/aromatic N) is 2. The Morgan fingerprint density at radius 1 is 1.21 bits per heavy atom. The van der Waals surface area contributed by atoms with Crippen molar-refractivity contribution in [2.24, 2.45) is 0 Å². The van der Waals surface area contributed by atoms with E-state index in [-0.39, 0.29) is 11.6 Å². The molecule has 0 aromatic carbocycles. The maximum atomic E-state index is 12.7. The van der Waals surface area contributed by atoms with Crippen molar-refractivity contribution >= 4 is 5.82 Å². The molecule has 1 N–H and O–H groups in total. The van der Waals surface area contributed by atoms with E-state index in [1.807, 2.05) is 0 Å². The maximum Gasteiger partial charge on any atom is 0.456 e. The van der Waals surface area contributed by atoms with E-state index in [1.54, 1.807) is 0 Å². The molecule has 0 saturated carbocycles. The Morgan fingerprint density at radius 3 is 2.32 bits per heavy atom. The predicted octanol–water partition coefficient (Wildman–Crippen LogP) is 2.10. The summed E-state index contributed by atoms with van der Waals surface area (Å²) in [7, 11) is 2.63. The molecule has 0 radical (unpaired) electrons. The van der Waals surface area contributed by atoms with E-state index in [1.165, 1.54) is 14.2 Å². The monoisotopic (exact) mass is 287 g/mol. The Balaban J connectivity index is 2.90. The fourth-order valence-electron chi connectivity index (χ4n) is 1.06. The van der Waals surface area contributed by atoms with Gasteiger partial charge in [0.2, 0.25) is 5.75 Å². The summed E-state index contributed by atoms with van der Waals surface area (Å²) >= 11 is 0. The minimum atomic E-state index is -5.70. The molecular weight excluding hydrogens is 277 g/mol. The SMILES string of the molecule is CNc1ncnc(OCC(F)(F)C(F)(F)F)c1OC. The zero-order chi connectivity index (χ0) is 14.7. The van der Waals surface area contributed by atoms with Crippen molar-refractivity contribution in [2.75, 3.05) is 26.1 Å². The number of hydrogen-bond acceptors (Lipinski definition) is 5. The Kier molecular flexibility index (Phi) is 4.32. The van der Waals surface area contributed by atoms with Crippen LogP contribution >= 0.6 is 0 Å². The van der Waals surface area contributed by atoms with E-state index >= 15 is 0 Å². The summed E-state index contributed by atoms with van der Waals surface area (Å²) in [6.07, 6.45) is -4.76. The van der Waals surface area contributed by atoms with Gasteiger partial charge < -0.3 is 14.8 Å².